The van der Waals surface area contributed by atoms with Crippen molar-refractivity contribution in [3.8, 4) is 0 Å². The molecule has 1 aromatic heterocycles. The summed E-state index contributed by atoms with van der Waals surface area (Å²) in [5.74, 6) is 0. The van der Waals surface area contributed by atoms with Crippen LogP contribution >= 0.6 is 0 Å². The van der Waals surface area contributed by atoms with Crippen LogP contribution < -0.4 is 5.32 Å². The number of hydrogen-bond acceptors (Lipinski definition) is 2. The van der Waals surface area contributed by atoms with Crippen LogP contribution in [0.2, 0.25) is 0 Å². The fourth-order valence-corrected chi connectivity index (χ4v) is 1.37. The Bertz CT molecular complexity index is 420. The Hall–Kier alpha value is -2.10. The van der Waals surface area contributed by atoms with Crippen molar-refractivity contribution >= 4 is 12.1 Å². The Morgan fingerprint density at radius 3 is 2.73 bits per heavy atom. The van der Waals surface area contributed by atoms with E-state index in [4.69, 9.17) is 0 Å². The van der Waals surface area contributed by atoms with Crippen LogP contribution in [-0.4, -0.2) is 16.0 Å². The summed E-state index contributed by atoms with van der Waals surface area (Å²) in [6.45, 7) is 0.793. The molecule has 0 fully saturated rings. The van der Waals surface area contributed by atoms with Gasteiger partial charge < -0.3 is 9.88 Å². The van der Waals surface area contributed by atoms with Crippen LogP contribution in [0.5, 0.6) is 0 Å². The van der Waals surface area contributed by atoms with Crippen LogP contribution in [0.25, 0.3) is 0 Å². The lowest BCUT2D eigenvalue weighted by Crippen LogP contribution is -1.97. The van der Waals surface area contributed by atoms with Crippen LogP contribution in [-0.2, 0) is 11.3 Å². The molecule has 2 rings (SSSR count). The number of hydrogen-bond donors (Lipinski definition) is 1. The third kappa shape index (κ3) is 2.43. The largest absolute Gasteiger partial charge is 0.333 e. The van der Waals surface area contributed by atoms with E-state index in [2.05, 4.69) is 10.3 Å². The van der Waals surface area contributed by atoms with Crippen molar-refractivity contribution in [3.05, 3.63) is 48.5 Å². The Kier molecular flexibility index (Phi) is 2.78. The molecular formula is C11H11N3O. The fourth-order valence-electron chi connectivity index (χ4n) is 1.37. The molecule has 1 N–H and O–H groups in total. The van der Waals surface area contributed by atoms with Crippen molar-refractivity contribution in [3.63, 3.8) is 0 Å². The molecule has 0 saturated carbocycles. The zero-order chi connectivity index (χ0) is 10.5. The molecule has 0 saturated heterocycles. The molecule has 0 aliphatic heterocycles. The summed E-state index contributed by atoms with van der Waals surface area (Å²) in [7, 11) is 0. The van der Waals surface area contributed by atoms with Gasteiger partial charge in [-0.3, -0.25) is 4.79 Å². The highest BCUT2D eigenvalue weighted by Crippen LogP contribution is 2.09. The average Bonchev–Trinajstić information content (AvgIpc) is 2.74. The zero-order valence-electron chi connectivity index (χ0n) is 8.13. The number of amides is 1. The molecule has 0 aliphatic rings. The summed E-state index contributed by atoms with van der Waals surface area (Å²) in [5, 5.41) is 2.59. The highest BCUT2D eigenvalue weighted by Gasteiger charge is 1.95. The minimum absolute atomic E-state index is 0.672. The maximum Gasteiger partial charge on any atom is 0.211 e. The SMILES string of the molecule is O=CNc1ccc(Cn2ccnc2)cc1. The molecule has 4 heteroatoms. The van der Waals surface area contributed by atoms with Crippen LogP contribution in [0, 0.1) is 0 Å². The molecule has 1 heterocycles. The minimum atomic E-state index is 0.672. The third-order valence-electron chi connectivity index (χ3n) is 2.10. The van der Waals surface area contributed by atoms with Crippen molar-refractivity contribution in [2.45, 2.75) is 6.54 Å². The number of anilines is 1. The van der Waals surface area contributed by atoms with Crippen LogP contribution in [0.1, 0.15) is 5.56 Å². The first-order valence-corrected chi connectivity index (χ1v) is 4.63. The van der Waals surface area contributed by atoms with Gasteiger partial charge in [-0.25, -0.2) is 4.98 Å². The van der Waals surface area contributed by atoms with E-state index >= 15 is 0 Å². The van der Waals surface area contributed by atoms with E-state index in [1.165, 1.54) is 5.56 Å². The molecule has 0 unspecified atom stereocenters. The van der Waals surface area contributed by atoms with E-state index in [0.29, 0.717) is 6.41 Å². The van der Waals surface area contributed by atoms with Gasteiger partial charge in [0.15, 0.2) is 0 Å². The number of nitrogens with zero attached hydrogens (tertiary/aromatic N) is 2. The lowest BCUT2D eigenvalue weighted by molar-refractivity contribution is -0.105. The minimum Gasteiger partial charge on any atom is -0.333 e. The van der Waals surface area contributed by atoms with Crippen LogP contribution in [0.15, 0.2) is 43.0 Å². The molecule has 0 atom stereocenters. The fraction of sp³-hybridized carbons (Fsp3) is 0.0909. The van der Waals surface area contributed by atoms with Crippen molar-refractivity contribution in [1.29, 1.82) is 0 Å². The van der Waals surface area contributed by atoms with Crippen molar-refractivity contribution in [1.82, 2.24) is 9.55 Å². The average molecular weight is 201 g/mol. The summed E-state index contributed by atoms with van der Waals surface area (Å²) >= 11 is 0. The monoisotopic (exact) mass is 201 g/mol. The second-order valence-electron chi connectivity index (χ2n) is 3.19. The normalized spacial score (nSPS) is 9.87. The zero-order valence-corrected chi connectivity index (χ0v) is 8.13. The van der Waals surface area contributed by atoms with Gasteiger partial charge in [-0.15, -0.1) is 0 Å². The number of carbonyl (C=O) groups excluding carboxylic acids is 1. The first-order valence-electron chi connectivity index (χ1n) is 4.63. The summed E-state index contributed by atoms with van der Waals surface area (Å²) in [5.41, 5.74) is 1.98. The van der Waals surface area contributed by atoms with Gasteiger partial charge in [0.25, 0.3) is 0 Å². The molecule has 0 radical (unpaired) electrons. The molecule has 2 aromatic rings. The Balaban J connectivity index is 2.07. The van der Waals surface area contributed by atoms with Gasteiger partial charge >= 0.3 is 0 Å². The number of rotatable bonds is 4. The molecule has 0 aliphatic carbocycles. The van der Waals surface area contributed by atoms with Gasteiger partial charge in [0.2, 0.25) is 6.41 Å². The Labute approximate surface area is 87.6 Å². The number of aromatic nitrogens is 2. The molecule has 4 nitrogen and oxygen atoms in total. The second-order valence-corrected chi connectivity index (χ2v) is 3.19. The van der Waals surface area contributed by atoms with E-state index in [0.717, 1.165) is 12.2 Å². The molecule has 0 spiro atoms. The predicted octanol–water partition coefficient (Wildman–Crippen LogP) is 1.50. The van der Waals surface area contributed by atoms with E-state index < -0.39 is 0 Å². The predicted molar refractivity (Wildman–Crippen MR) is 57.5 cm³/mol. The molecule has 76 valence electrons. The number of nitrogens with one attached hydrogen (secondary N) is 1. The van der Waals surface area contributed by atoms with Crippen molar-refractivity contribution < 1.29 is 4.79 Å². The summed E-state index contributed by atoms with van der Waals surface area (Å²) in [6, 6.07) is 7.71. The number of imidazole rings is 1. The maximum absolute atomic E-state index is 10.2. The second kappa shape index (κ2) is 4.41. The van der Waals surface area contributed by atoms with E-state index in [9.17, 15) is 4.79 Å². The lowest BCUT2D eigenvalue weighted by Gasteiger charge is -2.03. The lowest BCUT2D eigenvalue weighted by atomic mass is 10.2. The Morgan fingerprint density at radius 1 is 1.33 bits per heavy atom. The van der Waals surface area contributed by atoms with Crippen LogP contribution in [0.4, 0.5) is 5.69 Å². The van der Waals surface area contributed by atoms with Gasteiger partial charge in [-0.1, -0.05) is 12.1 Å². The van der Waals surface area contributed by atoms with Gasteiger partial charge in [0.1, 0.15) is 0 Å². The molecule has 1 amide bonds. The molecule has 1 aromatic carbocycles. The van der Waals surface area contributed by atoms with Crippen molar-refractivity contribution in [2.75, 3.05) is 5.32 Å². The maximum atomic E-state index is 10.2. The van der Waals surface area contributed by atoms with Gasteiger partial charge in [-0.05, 0) is 17.7 Å². The third-order valence-corrected chi connectivity index (χ3v) is 2.10. The Morgan fingerprint density at radius 2 is 2.13 bits per heavy atom. The number of carbonyl (C=O) groups is 1. The summed E-state index contributed by atoms with van der Waals surface area (Å²) in [4.78, 5) is 14.2. The number of benzene rings is 1. The quantitative estimate of drug-likeness (QED) is 0.762. The van der Waals surface area contributed by atoms with Crippen molar-refractivity contribution in [2.24, 2.45) is 0 Å². The summed E-state index contributed by atoms with van der Waals surface area (Å²) < 4.78 is 1.99. The first-order chi connectivity index (χ1) is 7.38. The van der Waals surface area contributed by atoms with Gasteiger partial charge in [0, 0.05) is 24.6 Å². The smallest absolute Gasteiger partial charge is 0.211 e. The highest BCUT2D eigenvalue weighted by atomic mass is 16.1. The summed E-state index contributed by atoms with van der Waals surface area (Å²) in [6.07, 6.45) is 6.11. The highest BCUT2D eigenvalue weighted by molar-refractivity contribution is 5.70. The molecule has 0 bridgehead atoms. The van der Waals surface area contributed by atoms with E-state index in [-0.39, 0.29) is 0 Å². The van der Waals surface area contributed by atoms with Gasteiger partial charge in [-0.2, -0.15) is 0 Å². The molecular weight excluding hydrogens is 190 g/mol. The first kappa shape index (κ1) is 9.45. The van der Waals surface area contributed by atoms with E-state index in [1.807, 2.05) is 35.0 Å². The molecule has 15 heavy (non-hydrogen) atoms. The van der Waals surface area contributed by atoms with Gasteiger partial charge in [0.05, 0.1) is 6.33 Å². The van der Waals surface area contributed by atoms with E-state index in [1.54, 1.807) is 12.5 Å². The van der Waals surface area contributed by atoms with Crippen LogP contribution in [0.3, 0.4) is 0 Å². The topological polar surface area (TPSA) is 46.9 Å². The standard InChI is InChI=1S/C11H11N3O/c15-9-13-11-3-1-10(2-4-11)7-14-6-5-12-8-14/h1-6,8-9H,7H2,(H,13,15).